The van der Waals surface area contributed by atoms with E-state index in [1.54, 1.807) is 24.3 Å². The van der Waals surface area contributed by atoms with Gasteiger partial charge in [0, 0.05) is 12.1 Å². The Labute approximate surface area is 175 Å². The van der Waals surface area contributed by atoms with Gasteiger partial charge in [-0.3, -0.25) is 14.4 Å². The zero-order chi connectivity index (χ0) is 21.8. The second-order valence-electron chi connectivity index (χ2n) is 6.26. The van der Waals surface area contributed by atoms with E-state index in [9.17, 15) is 24.3 Å². The molecular weight excluding hydrogens is 412 g/mol. The fourth-order valence-corrected chi connectivity index (χ4v) is 3.83. The van der Waals surface area contributed by atoms with Crippen molar-refractivity contribution in [1.82, 2.24) is 0 Å². The molecular formula is C20H18N2O7S. The first-order valence-corrected chi connectivity index (χ1v) is 9.81. The molecule has 2 aromatic rings. The van der Waals surface area contributed by atoms with E-state index in [-0.39, 0.29) is 17.7 Å². The largest absolute Gasteiger partial charge is 0.507 e. The highest BCUT2D eigenvalue weighted by molar-refractivity contribution is 8.15. The summed E-state index contributed by atoms with van der Waals surface area (Å²) in [4.78, 5) is 49.4. The van der Waals surface area contributed by atoms with Crippen molar-refractivity contribution < 1.29 is 34.1 Å². The number of ether oxygens (including phenoxy) is 1. The fourth-order valence-electron chi connectivity index (χ4n) is 2.84. The number of phenols is 1. The van der Waals surface area contributed by atoms with Gasteiger partial charge in [0.2, 0.25) is 11.8 Å². The predicted octanol–water partition coefficient (Wildman–Crippen LogP) is 3.09. The van der Waals surface area contributed by atoms with Gasteiger partial charge in [-0.05, 0) is 61.2 Å². The van der Waals surface area contributed by atoms with Crippen molar-refractivity contribution in [2.24, 2.45) is 0 Å². The monoisotopic (exact) mass is 430 g/mol. The maximum absolute atomic E-state index is 12.7. The zero-order valence-electron chi connectivity index (χ0n) is 15.8. The van der Waals surface area contributed by atoms with Crippen molar-refractivity contribution in [2.45, 2.75) is 18.6 Å². The number of anilines is 2. The van der Waals surface area contributed by atoms with E-state index >= 15 is 0 Å². The van der Waals surface area contributed by atoms with E-state index in [1.165, 1.54) is 6.07 Å². The summed E-state index contributed by atoms with van der Waals surface area (Å²) in [6.07, 6.45) is -0.272. The number of carbonyl (C=O) groups is 4. The number of hydrogen-bond acceptors (Lipinski definition) is 7. The Morgan fingerprint density at radius 2 is 1.87 bits per heavy atom. The molecule has 0 aliphatic carbocycles. The number of thioether (sulfide) groups is 1. The van der Waals surface area contributed by atoms with E-state index in [0.29, 0.717) is 18.0 Å². The number of nitrogens with one attached hydrogen (secondary N) is 1. The summed E-state index contributed by atoms with van der Waals surface area (Å²) in [6, 6.07) is 10.1. The van der Waals surface area contributed by atoms with Crippen LogP contribution >= 0.6 is 11.8 Å². The summed E-state index contributed by atoms with van der Waals surface area (Å²) in [7, 11) is 0. The minimum Gasteiger partial charge on any atom is -0.507 e. The van der Waals surface area contributed by atoms with Crippen LogP contribution in [0.1, 0.15) is 23.7 Å². The first kappa shape index (κ1) is 21.2. The fraction of sp³-hybridized carbons (Fsp3) is 0.200. The minimum absolute atomic E-state index is 0.153. The molecule has 9 nitrogen and oxygen atoms in total. The second-order valence-corrected chi connectivity index (χ2v) is 7.42. The second kappa shape index (κ2) is 8.87. The third kappa shape index (κ3) is 4.54. The van der Waals surface area contributed by atoms with Crippen LogP contribution in [-0.2, 0) is 9.59 Å². The van der Waals surface area contributed by atoms with Crippen LogP contribution in [0.25, 0.3) is 0 Å². The third-order valence-corrected chi connectivity index (χ3v) is 5.25. The lowest BCUT2D eigenvalue weighted by molar-refractivity contribution is -0.121. The van der Waals surface area contributed by atoms with Crippen molar-refractivity contribution >= 4 is 46.2 Å². The Hall–Kier alpha value is -3.53. The Balaban J connectivity index is 1.67. The van der Waals surface area contributed by atoms with Crippen LogP contribution in [0.3, 0.4) is 0 Å². The number of benzene rings is 2. The number of aromatic carboxylic acids is 1. The van der Waals surface area contributed by atoms with E-state index in [4.69, 9.17) is 9.84 Å². The summed E-state index contributed by atoms with van der Waals surface area (Å²) in [5.41, 5.74) is 0.171. The van der Waals surface area contributed by atoms with Gasteiger partial charge in [0.05, 0.1) is 12.3 Å². The molecule has 0 radical (unpaired) electrons. The minimum atomic E-state index is -1.35. The summed E-state index contributed by atoms with van der Waals surface area (Å²) >= 11 is 0.752. The molecule has 2 aromatic carbocycles. The molecule has 1 aliphatic heterocycles. The molecule has 3 N–H and O–H groups in total. The number of carboxylic acid groups (broad SMARTS) is 1. The summed E-state index contributed by atoms with van der Waals surface area (Å²) in [5.74, 6) is -2.25. The van der Waals surface area contributed by atoms with Gasteiger partial charge in [0.1, 0.15) is 22.3 Å². The Kier molecular flexibility index (Phi) is 6.26. The van der Waals surface area contributed by atoms with E-state index in [2.05, 4.69) is 5.32 Å². The third-order valence-electron chi connectivity index (χ3n) is 4.21. The molecule has 1 fully saturated rings. The molecule has 1 heterocycles. The predicted molar refractivity (Wildman–Crippen MR) is 110 cm³/mol. The summed E-state index contributed by atoms with van der Waals surface area (Å²) < 4.78 is 5.34. The van der Waals surface area contributed by atoms with Crippen molar-refractivity contribution in [1.29, 1.82) is 0 Å². The van der Waals surface area contributed by atoms with Crippen LogP contribution in [0, 0.1) is 0 Å². The standard InChI is InChI=1S/C20H18N2O7S/c1-2-29-13-6-4-12(5-7-13)22-18(25)16(30-20(22)28)10-17(24)21-11-3-8-15(23)14(9-11)19(26)27/h3-9,16,23H,2,10H2,1H3,(H,21,24)(H,26,27). The topological polar surface area (TPSA) is 133 Å². The number of carbonyl (C=O) groups excluding carboxylic acids is 3. The maximum Gasteiger partial charge on any atom is 0.339 e. The molecule has 10 heteroatoms. The van der Waals surface area contributed by atoms with Gasteiger partial charge < -0.3 is 20.3 Å². The molecule has 0 saturated carbocycles. The van der Waals surface area contributed by atoms with Crippen molar-refractivity contribution in [3.63, 3.8) is 0 Å². The number of nitrogens with zero attached hydrogens (tertiary/aromatic N) is 1. The van der Waals surface area contributed by atoms with Crippen LogP contribution in [0.2, 0.25) is 0 Å². The van der Waals surface area contributed by atoms with Crippen molar-refractivity contribution in [3.8, 4) is 11.5 Å². The van der Waals surface area contributed by atoms with Gasteiger partial charge in [0.25, 0.3) is 5.24 Å². The van der Waals surface area contributed by atoms with E-state index < -0.39 is 34.0 Å². The van der Waals surface area contributed by atoms with Gasteiger partial charge in [-0.15, -0.1) is 0 Å². The summed E-state index contributed by atoms with van der Waals surface area (Å²) in [5, 5.41) is 19.6. The molecule has 3 rings (SSSR count). The number of amides is 3. The molecule has 3 amide bonds. The lowest BCUT2D eigenvalue weighted by Gasteiger charge is -2.14. The average Bonchev–Trinajstić information content (AvgIpc) is 2.97. The van der Waals surface area contributed by atoms with Gasteiger partial charge >= 0.3 is 5.97 Å². The molecule has 1 unspecified atom stereocenters. The van der Waals surface area contributed by atoms with Gasteiger partial charge in [0.15, 0.2) is 0 Å². The molecule has 0 aromatic heterocycles. The Morgan fingerprint density at radius 3 is 2.50 bits per heavy atom. The zero-order valence-corrected chi connectivity index (χ0v) is 16.6. The van der Waals surface area contributed by atoms with Crippen LogP contribution in [0.5, 0.6) is 11.5 Å². The number of aromatic hydroxyl groups is 1. The lowest BCUT2D eigenvalue weighted by atomic mass is 10.1. The lowest BCUT2D eigenvalue weighted by Crippen LogP contribution is -2.32. The van der Waals surface area contributed by atoms with Crippen LogP contribution < -0.4 is 15.0 Å². The average molecular weight is 430 g/mol. The summed E-state index contributed by atoms with van der Waals surface area (Å²) in [6.45, 7) is 2.33. The molecule has 1 aliphatic rings. The van der Waals surface area contributed by atoms with Gasteiger partial charge in [-0.2, -0.15) is 0 Å². The highest BCUT2D eigenvalue weighted by Gasteiger charge is 2.41. The first-order valence-electron chi connectivity index (χ1n) is 8.93. The van der Waals surface area contributed by atoms with Crippen LogP contribution in [0.15, 0.2) is 42.5 Å². The Bertz CT molecular complexity index is 1010. The van der Waals surface area contributed by atoms with Crippen LogP contribution in [-0.4, -0.2) is 45.1 Å². The highest BCUT2D eigenvalue weighted by atomic mass is 32.2. The molecule has 156 valence electrons. The number of rotatable bonds is 7. The number of hydrogen-bond donors (Lipinski definition) is 3. The molecule has 1 saturated heterocycles. The number of imide groups is 1. The SMILES string of the molecule is CCOc1ccc(N2C(=O)SC(CC(=O)Nc3ccc(O)c(C(=O)O)c3)C2=O)cc1. The molecule has 1 atom stereocenters. The van der Waals surface area contributed by atoms with Crippen molar-refractivity contribution in [3.05, 3.63) is 48.0 Å². The Morgan fingerprint density at radius 1 is 1.17 bits per heavy atom. The van der Waals surface area contributed by atoms with Gasteiger partial charge in [-0.25, -0.2) is 9.69 Å². The normalized spacial score (nSPS) is 15.9. The number of carboxylic acids is 1. The quantitative estimate of drug-likeness (QED) is 0.571. The smallest absolute Gasteiger partial charge is 0.339 e. The molecule has 30 heavy (non-hydrogen) atoms. The maximum atomic E-state index is 12.7. The van der Waals surface area contributed by atoms with Crippen LogP contribution in [0.4, 0.5) is 16.2 Å². The molecule has 0 bridgehead atoms. The van der Waals surface area contributed by atoms with E-state index in [0.717, 1.165) is 28.8 Å². The van der Waals surface area contributed by atoms with Crippen molar-refractivity contribution in [2.75, 3.05) is 16.8 Å². The highest BCUT2D eigenvalue weighted by Crippen LogP contribution is 2.34. The van der Waals surface area contributed by atoms with Gasteiger partial charge in [-0.1, -0.05) is 0 Å². The van der Waals surface area contributed by atoms with E-state index in [1.807, 2.05) is 6.92 Å². The molecule has 0 spiro atoms. The first-order chi connectivity index (χ1) is 14.3.